The molecule has 2 atom stereocenters. The van der Waals surface area contributed by atoms with Crippen molar-refractivity contribution in [1.29, 1.82) is 0 Å². The number of piperidine rings is 1. The third kappa shape index (κ3) is 4.03. The fraction of sp³-hybridized carbons (Fsp3) is 0.455. The van der Waals surface area contributed by atoms with Crippen molar-refractivity contribution in [3.8, 4) is 0 Å². The van der Waals surface area contributed by atoms with Crippen molar-refractivity contribution < 1.29 is 14.3 Å². The van der Waals surface area contributed by atoms with E-state index in [0.717, 1.165) is 37.1 Å². The van der Waals surface area contributed by atoms with Gasteiger partial charge in [-0.25, -0.2) is 0 Å². The number of rotatable bonds is 5. The molecule has 1 aromatic heterocycles. The van der Waals surface area contributed by atoms with Gasteiger partial charge in [-0.3, -0.25) is 9.48 Å². The number of nitrogens with zero attached hydrogens (tertiary/aromatic N) is 3. The van der Waals surface area contributed by atoms with Gasteiger partial charge in [-0.2, -0.15) is 5.10 Å². The monoisotopic (exact) mass is 381 g/mol. The topological polar surface area (TPSA) is 56.6 Å². The van der Waals surface area contributed by atoms with Gasteiger partial charge >= 0.3 is 0 Å². The quantitative estimate of drug-likeness (QED) is 0.748. The Balaban J connectivity index is 1.43. The van der Waals surface area contributed by atoms with Crippen molar-refractivity contribution in [3.63, 3.8) is 0 Å². The van der Waals surface area contributed by atoms with E-state index in [1.807, 2.05) is 42.3 Å². The number of ether oxygens (including phenoxy) is 2. The highest BCUT2D eigenvalue weighted by molar-refractivity contribution is 5.91. The molecule has 2 aliphatic rings. The molecule has 0 saturated carbocycles. The molecule has 6 heteroatoms. The van der Waals surface area contributed by atoms with E-state index in [-0.39, 0.29) is 17.6 Å². The number of aryl methyl sites for hydroxylation is 1. The van der Waals surface area contributed by atoms with Crippen LogP contribution in [0.25, 0.3) is 6.08 Å². The average molecular weight is 381 g/mol. The van der Waals surface area contributed by atoms with Crippen molar-refractivity contribution in [3.05, 3.63) is 59.9 Å². The van der Waals surface area contributed by atoms with E-state index >= 15 is 0 Å². The predicted molar refractivity (Wildman–Crippen MR) is 106 cm³/mol. The number of carbonyl (C=O) groups is 1. The molecule has 1 spiro atoms. The normalized spacial score (nSPS) is 25.0. The zero-order chi connectivity index (χ0) is 19.4. The summed E-state index contributed by atoms with van der Waals surface area (Å²) in [7, 11) is 1.86. The van der Waals surface area contributed by atoms with Gasteiger partial charge in [-0.15, -0.1) is 0 Å². The molecule has 0 aliphatic carbocycles. The molecule has 2 saturated heterocycles. The Labute approximate surface area is 165 Å². The van der Waals surface area contributed by atoms with Gasteiger partial charge in [0.2, 0.25) is 5.91 Å². The van der Waals surface area contributed by atoms with Crippen LogP contribution in [0.15, 0.2) is 48.7 Å². The van der Waals surface area contributed by atoms with Crippen molar-refractivity contribution >= 4 is 12.0 Å². The Morgan fingerprint density at radius 2 is 2.18 bits per heavy atom. The largest absolute Gasteiger partial charge is 0.372 e. The second-order valence-electron chi connectivity index (χ2n) is 7.55. The Morgan fingerprint density at radius 1 is 1.32 bits per heavy atom. The zero-order valence-electron chi connectivity index (χ0n) is 16.3. The maximum absolute atomic E-state index is 12.7. The Kier molecular flexibility index (Phi) is 5.59. The molecule has 0 N–H and O–H groups in total. The summed E-state index contributed by atoms with van der Waals surface area (Å²) in [5, 5.41) is 4.12. The molecule has 1 aromatic carbocycles. The van der Waals surface area contributed by atoms with E-state index in [0.29, 0.717) is 19.7 Å². The first-order valence-corrected chi connectivity index (χ1v) is 9.91. The summed E-state index contributed by atoms with van der Waals surface area (Å²) in [6.45, 7) is 2.56. The Bertz CT molecular complexity index is 825. The second kappa shape index (κ2) is 8.29. The lowest BCUT2D eigenvalue weighted by Gasteiger charge is -2.44. The van der Waals surface area contributed by atoms with Crippen molar-refractivity contribution in [2.24, 2.45) is 7.05 Å². The van der Waals surface area contributed by atoms with E-state index in [2.05, 4.69) is 17.2 Å². The van der Waals surface area contributed by atoms with Crippen LogP contribution in [0, 0.1) is 0 Å². The van der Waals surface area contributed by atoms with Gasteiger partial charge in [-0.05, 0) is 37.0 Å². The van der Waals surface area contributed by atoms with Gasteiger partial charge in [0.15, 0.2) is 0 Å². The minimum Gasteiger partial charge on any atom is -0.372 e. The summed E-state index contributed by atoms with van der Waals surface area (Å²) in [5.41, 5.74) is 1.78. The molecule has 0 radical (unpaired) electrons. The van der Waals surface area contributed by atoms with Crippen LogP contribution in [0.2, 0.25) is 0 Å². The zero-order valence-corrected chi connectivity index (χ0v) is 16.3. The van der Waals surface area contributed by atoms with Crippen LogP contribution in [-0.2, 0) is 27.9 Å². The van der Waals surface area contributed by atoms with E-state index in [1.54, 1.807) is 17.0 Å². The highest BCUT2D eigenvalue weighted by Crippen LogP contribution is 2.38. The molecule has 2 fully saturated rings. The second-order valence-corrected chi connectivity index (χ2v) is 7.55. The molecule has 1 amide bonds. The first kappa shape index (κ1) is 18.9. The van der Waals surface area contributed by atoms with Crippen LogP contribution in [0.5, 0.6) is 0 Å². The van der Waals surface area contributed by atoms with Crippen LogP contribution in [0.1, 0.15) is 30.5 Å². The lowest BCUT2D eigenvalue weighted by atomic mass is 9.85. The number of aromatic nitrogens is 2. The molecule has 2 unspecified atom stereocenters. The fourth-order valence-electron chi connectivity index (χ4n) is 4.10. The maximum Gasteiger partial charge on any atom is 0.246 e. The lowest BCUT2D eigenvalue weighted by molar-refractivity contribution is -0.165. The molecule has 148 valence electrons. The molecule has 2 aromatic rings. The number of amides is 1. The lowest BCUT2D eigenvalue weighted by Crippen LogP contribution is -2.57. The van der Waals surface area contributed by atoms with Crippen LogP contribution < -0.4 is 0 Å². The summed E-state index contributed by atoms with van der Waals surface area (Å²) in [5.74, 6) is 0.00218. The first-order valence-electron chi connectivity index (χ1n) is 9.91. The minimum absolute atomic E-state index is 0.00218. The summed E-state index contributed by atoms with van der Waals surface area (Å²) in [6, 6.07) is 12.0. The molecule has 0 bridgehead atoms. The van der Waals surface area contributed by atoms with E-state index in [1.165, 1.54) is 0 Å². The van der Waals surface area contributed by atoms with Crippen LogP contribution >= 0.6 is 0 Å². The third-order valence-electron chi connectivity index (χ3n) is 5.77. The number of carbonyl (C=O) groups excluding carboxylic acids is 1. The van der Waals surface area contributed by atoms with Gasteiger partial charge < -0.3 is 14.4 Å². The minimum atomic E-state index is -0.253. The van der Waals surface area contributed by atoms with Crippen molar-refractivity contribution in [1.82, 2.24) is 14.7 Å². The van der Waals surface area contributed by atoms with Gasteiger partial charge in [-0.1, -0.05) is 30.3 Å². The van der Waals surface area contributed by atoms with Crippen molar-refractivity contribution in [2.75, 3.05) is 19.7 Å². The molecule has 2 aliphatic heterocycles. The number of hydrogen-bond acceptors (Lipinski definition) is 4. The SMILES string of the molecule is Cn1nccc1/C=C/C(=O)N1CCC2(CCCO2)C(OCc2ccccc2)C1. The standard InChI is InChI=1S/C22H27N3O3/c1-24-19(10-13-23-24)8-9-21(26)25-14-12-22(11-5-15-28-22)20(16-25)27-17-18-6-3-2-4-7-18/h2-4,6-10,13,20H,5,11-12,14-17H2,1H3/b9-8+. The molecular formula is C22H27N3O3. The maximum atomic E-state index is 12.7. The molecule has 28 heavy (non-hydrogen) atoms. The van der Waals surface area contributed by atoms with Crippen LogP contribution in [0.4, 0.5) is 0 Å². The Morgan fingerprint density at radius 3 is 2.89 bits per heavy atom. The smallest absolute Gasteiger partial charge is 0.246 e. The summed E-state index contributed by atoms with van der Waals surface area (Å²) < 4.78 is 14.2. The van der Waals surface area contributed by atoms with Crippen LogP contribution in [0.3, 0.4) is 0 Å². The van der Waals surface area contributed by atoms with E-state index < -0.39 is 0 Å². The van der Waals surface area contributed by atoms with Crippen LogP contribution in [-0.4, -0.2) is 52.0 Å². The van der Waals surface area contributed by atoms with Gasteiger partial charge in [0.25, 0.3) is 0 Å². The number of benzene rings is 1. The highest BCUT2D eigenvalue weighted by Gasteiger charge is 2.47. The summed E-state index contributed by atoms with van der Waals surface area (Å²) >= 11 is 0. The Hall–Kier alpha value is -2.44. The predicted octanol–water partition coefficient (Wildman–Crippen LogP) is 2.80. The number of hydrogen-bond donors (Lipinski definition) is 0. The van der Waals surface area contributed by atoms with Crippen molar-refractivity contribution in [2.45, 2.75) is 37.6 Å². The molecule has 4 rings (SSSR count). The van der Waals surface area contributed by atoms with E-state index in [4.69, 9.17) is 9.47 Å². The molecular weight excluding hydrogens is 354 g/mol. The summed E-state index contributed by atoms with van der Waals surface area (Å²) in [6.07, 6.45) is 7.92. The van der Waals surface area contributed by atoms with Gasteiger partial charge in [0.05, 0.1) is 17.9 Å². The third-order valence-corrected chi connectivity index (χ3v) is 5.77. The summed E-state index contributed by atoms with van der Waals surface area (Å²) in [4.78, 5) is 14.6. The number of likely N-dealkylation sites (tertiary alicyclic amines) is 1. The fourth-order valence-corrected chi connectivity index (χ4v) is 4.10. The van der Waals surface area contributed by atoms with E-state index in [9.17, 15) is 4.79 Å². The highest BCUT2D eigenvalue weighted by atomic mass is 16.6. The molecule has 6 nitrogen and oxygen atoms in total. The van der Waals surface area contributed by atoms with Gasteiger partial charge in [0.1, 0.15) is 6.10 Å². The average Bonchev–Trinajstić information content (AvgIpc) is 3.36. The first-order chi connectivity index (χ1) is 13.7. The molecule has 3 heterocycles. The van der Waals surface area contributed by atoms with Gasteiger partial charge in [0, 0.05) is 39.0 Å².